The number of fused-ring (bicyclic) bond motifs is 1. The van der Waals surface area contributed by atoms with Gasteiger partial charge in [0.1, 0.15) is 0 Å². The molecule has 6 rings (SSSR count). The van der Waals surface area contributed by atoms with E-state index in [4.69, 9.17) is 0 Å². The van der Waals surface area contributed by atoms with E-state index in [1.54, 1.807) is 12.1 Å². The van der Waals surface area contributed by atoms with Crippen LogP contribution in [-0.2, 0) is 20.2 Å². The highest BCUT2D eigenvalue weighted by atomic mass is 32.2. The highest BCUT2D eigenvalue weighted by molar-refractivity contribution is 7.89. The van der Waals surface area contributed by atoms with Crippen LogP contribution >= 0.6 is 0 Å². The Kier molecular flexibility index (Phi) is 7.00. The Hall–Kier alpha value is -2.91. The normalized spacial score (nSPS) is 21.6. The van der Waals surface area contributed by atoms with Gasteiger partial charge in [-0.15, -0.1) is 0 Å². The lowest BCUT2D eigenvalue weighted by Crippen LogP contribution is -2.41. The molecule has 1 saturated heterocycles. The molecule has 3 fully saturated rings. The molecular weight excluding hydrogens is 548 g/mol. The Morgan fingerprint density at radius 1 is 0.929 bits per heavy atom. The Morgan fingerprint density at radius 2 is 1.60 bits per heavy atom. The largest absolute Gasteiger partial charge is 0.371 e. The number of carbonyl (C=O) groups excluding carboxylic acids is 2. The van der Waals surface area contributed by atoms with Crippen molar-refractivity contribution in [1.82, 2.24) is 4.72 Å². The molecule has 2 amide bonds. The van der Waals surface area contributed by atoms with Gasteiger partial charge in [0.25, 0.3) is 5.91 Å². The fourth-order valence-electron chi connectivity index (χ4n) is 7.08. The first-order valence-corrected chi connectivity index (χ1v) is 16.9. The number of hydrogen-bond acceptors (Lipinski definition) is 5. The van der Waals surface area contributed by atoms with Gasteiger partial charge < -0.3 is 15.1 Å². The average Bonchev–Trinajstić information content (AvgIpc) is 3.37. The van der Waals surface area contributed by atoms with Gasteiger partial charge in [0.2, 0.25) is 15.9 Å². The fraction of sp³-hybridized carbons (Fsp3) is 0.576. The monoisotopic (exact) mass is 592 g/mol. The Bertz CT molecular complexity index is 1520. The van der Waals surface area contributed by atoms with Crippen LogP contribution in [0.2, 0.25) is 0 Å². The van der Waals surface area contributed by atoms with E-state index in [1.165, 1.54) is 18.9 Å². The number of piperidine rings is 1. The Labute approximate surface area is 250 Å². The summed E-state index contributed by atoms with van der Waals surface area (Å²) in [5.74, 6) is -0.172. The molecule has 1 spiro atoms. The van der Waals surface area contributed by atoms with Crippen molar-refractivity contribution >= 4 is 38.9 Å². The van der Waals surface area contributed by atoms with Crippen LogP contribution in [0.3, 0.4) is 0 Å². The lowest BCUT2D eigenvalue weighted by Gasteiger charge is -2.35. The zero-order valence-electron chi connectivity index (χ0n) is 25.5. The van der Waals surface area contributed by atoms with Gasteiger partial charge in [0, 0.05) is 30.4 Å². The number of benzene rings is 2. The summed E-state index contributed by atoms with van der Waals surface area (Å²) in [4.78, 5) is 31.6. The SMILES string of the molecule is CC(C)(C)NS(=O)(=O)c1ccc(C(=O)Nc2ccc3c(c2)N(C2CCCC2)C(=O)C3(C)C)c(N2CCC3(CC2)CC3)c1. The van der Waals surface area contributed by atoms with Crippen LogP contribution in [-0.4, -0.2) is 44.9 Å². The molecule has 2 aliphatic heterocycles. The third-order valence-corrected chi connectivity index (χ3v) is 11.5. The first-order chi connectivity index (χ1) is 19.7. The molecule has 0 unspecified atom stereocenters. The number of hydrogen-bond donors (Lipinski definition) is 2. The number of anilines is 3. The minimum Gasteiger partial charge on any atom is -0.371 e. The van der Waals surface area contributed by atoms with Crippen molar-refractivity contribution in [3.05, 3.63) is 47.5 Å². The molecule has 2 aromatic rings. The van der Waals surface area contributed by atoms with Crippen LogP contribution in [0, 0.1) is 5.41 Å². The summed E-state index contributed by atoms with van der Waals surface area (Å²) < 4.78 is 29.2. The van der Waals surface area contributed by atoms with Gasteiger partial charge in [-0.25, -0.2) is 13.1 Å². The number of sulfonamides is 1. The minimum absolute atomic E-state index is 0.120. The van der Waals surface area contributed by atoms with Gasteiger partial charge in [-0.2, -0.15) is 0 Å². The second-order valence-corrected chi connectivity index (χ2v) is 16.1. The van der Waals surface area contributed by atoms with E-state index in [1.807, 2.05) is 57.7 Å². The van der Waals surface area contributed by atoms with E-state index in [0.717, 1.165) is 62.9 Å². The van der Waals surface area contributed by atoms with Crippen molar-refractivity contribution in [2.24, 2.45) is 5.41 Å². The maximum Gasteiger partial charge on any atom is 0.257 e. The second-order valence-electron chi connectivity index (χ2n) is 14.4. The molecule has 2 saturated carbocycles. The van der Waals surface area contributed by atoms with Gasteiger partial charge in [-0.05, 0) is 114 Å². The molecule has 0 radical (unpaired) electrons. The summed E-state index contributed by atoms with van der Waals surface area (Å²) in [5, 5.41) is 3.08. The van der Waals surface area contributed by atoms with Crippen molar-refractivity contribution in [2.75, 3.05) is 28.2 Å². The predicted molar refractivity (Wildman–Crippen MR) is 167 cm³/mol. The van der Waals surface area contributed by atoms with Crippen molar-refractivity contribution < 1.29 is 18.0 Å². The third-order valence-electron chi connectivity index (χ3n) is 9.72. The molecule has 2 aliphatic carbocycles. The lowest BCUT2D eigenvalue weighted by molar-refractivity contribution is -0.122. The number of carbonyl (C=O) groups is 2. The van der Waals surface area contributed by atoms with Crippen molar-refractivity contribution in [1.29, 1.82) is 0 Å². The van der Waals surface area contributed by atoms with Gasteiger partial charge in [0.15, 0.2) is 0 Å². The number of nitrogens with one attached hydrogen (secondary N) is 2. The number of amides is 2. The standard InChI is InChI=1S/C33H44N4O4S/c1-31(2,3)35-42(40,41)24-11-12-25(27(21-24)36-18-16-33(14-15-33)17-19-36)29(38)34-22-10-13-26-28(20-22)37(23-8-6-7-9-23)30(39)32(26,4)5/h10-13,20-21,23,35H,6-9,14-19H2,1-5H3,(H,34,38). The quantitative estimate of drug-likeness (QED) is 0.431. The molecule has 226 valence electrons. The van der Waals surface area contributed by atoms with Crippen molar-refractivity contribution in [2.45, 2.75) is 108 Å². The molecule has 42 heavy (non-hydrogen) atoms. The van der Waals surface area contributed by atoms with Crippen LogP contribution in [0.1, 0.15) is 102 Å². The maximum atomic E-state index is 13.9. The van der Waals surface area contributed by atoms with Crippen LogP contribution < -0.4 is 19.8 Å². The molecule has 4 aliphatic rings. The topological polar surface area (TPSA) is 98.8 Å². The van der Waals surface area contributed by atoms with E-state index in [9.17, 15) is 18.0 Å². The summed E-state index contributed by atoms with van der Waals surface area (Å²) in [7, 11) is -3.77. The average molecular weight is 593 g/mol. The molecular formula is C33H44N4O4S. The summed E-state index contributed by atoms with van der Waals surface area (Å²) in [6, 6.07) is 10.8. The van der Waals surface area contributed by atoms with Gasteiger partial charge in [-0.3, -0.25) is 9.59 Å². The summed E-state index contributed by atoms with van der Waals surface area (Å²) in [6.07, 6.45) is 8.86. The zero-order chi connectivity index (χ0) is 30.1. The molecule has 2 heterocycles. The number of nitrogens with zero attached hydrogens (tertiary/aromatic N) is 2. The fourth-order valence-corrected chi connectivity index (χ4v) is 8.52. The lowest BCUT2D eigenvalue weighted by atomic mass is 9.86. The van der Waals surface area contributed by atoms with Crippen molar-refractivity contribution in [3.8, 4) is 0 Å². The van der Waals surface area contributed by atoms with Crippen LogP contribution in [0.4, 0.5) is 17.1 Å². The molecule has 8 nitrogen and oxygen atoms in total. The summed E-state index contributed by atoms with van der Waals surface area (Å²) in [5.41, 5.74) is 2.79. The smallest absolute Gasteiger partial charge is 0.257 e. The first-order valence-electron chi connectivity index (χ1n) is 15.4. The number of rotatable bonds is 6. The van der Waals surface area contributed by atoms with Crippen LogP contribution in [0.15, 0.2) is 41.3 Å². The second kappa shape index (κ2) is 10.1. The Morgan fingerprint density at radius 3 is 2.21 bits per heavy atom. The van der Waals surface area contributed by atoms with E-state index in [2.05, 4.69) is 14.9 Å². The molecule has 2 aromatic carbocycles. The molecule has 0 atom stereocenters. The van der Waals surface area contributed by atoms with Crippen LogP contribution in [0.25, 0.3) is 0 Å². The maximum absolute atomic E-state index is 13.9. The van der Waals surface area contributed by atoms with Gasteiger partial charge in [-0.1, -0.05) is 18.9 Å². The van der Waals surface area contributed by atoms with E-state index in [-0.39, 0.29) is 22.8 Å². The summed E-state index contributed by atoms with van der Waals surface area (Å²) in [6.45, 7) is 11.0. The van der Waals surface area contributed by atoms with E-state index in [0.29, 0.717) is 22.4 Å². The predicted octanol–water partition coefficient (Wildman–Crippen LogP) is 5.96. The van der Waals surface area contributed by atoms with Gasteiger partial charge >= 0.3 is 0 Å². The third kappa shape index (κ3) is 5.34. The van der Waals surface area contributed by atoms with Crippen molar-refractivity contribution in [3.63, 3.8) is 0 Å². The summed E-state index contributed by atoms with van der Waals surface area (Å²) >= 11 is 0. The van der Waals surface area contributed by atoms with Crippen LogP contribution in [0.5, 0.6) is 0 Å². The molecule has 9 heteroatoms. The molecule has 0 bridgehead atoms. The highest BCUT2D eigenvalue weighted by Gasteiger charge is 2.47. The first kappa shape index (κ1) is 29.2. The Balaban J connectivity index is 1.32. The van der Waals surface area contributed by atoms with E-state index < -0.39 is 21.0 Å². The minimum atomic E-state index is -3.77. The van der Waals surface area contributed by atoms with Gasteiger partial charge in [0.05, 0.1) is 27.2 Å². The molecule has 0 aromatic heterocycles. The highest BCUT2D eigenvalue weighted by Crippen LogP contribution is 2.54. The van der Waals surface area contributed by atoms with E-state index >= 15 is 0 Å². The molecule has 2 N–H and O–H groups in total. The zero-order valence-corrected chi connectivity index (χ0v) is 26.4.